The number of Topliss-reactive ketones (excluding diaryl/α,β-unsaturated/α-hetero) is 1. The Bertz CT molecular complexity index is 1120. The first-order chi connectivity index (χ1) is 14.1. The van der Waals surface area contributed by atoms with E-state index in [1.165, 1.54) is 0 Å². The summed E-state index contributed by atoms with van der Waals surface area (Å²) in [5.41, 5.74) is 2.35. The Morgan fingerprint density at radius 1 is 0.897 bits per heavy atom. The average molecular weight is 423 g/mol. The van der Waals surface area contributed by atoms with Gasteiger partial charge in [-0.3, -0.25) is 4.79 Å². The van der Waals surface area contributed by atoms with Crippen molar-refractivity contribution in [3.8, 4) is 11.5 Å². The molecular formula is C24H16Cl2O3. The third kappa shape index (κ3) is 4.53. The summed E-state index contributed by atoms with van der Waals surface area (Å²) in [6, 6.07) is 20.3. The van der Waals surface area contributed by atoms with Crippen LogP contribution >= 0.6 is 23.2 Å². The highest BCUT2D eigenvalue weighted by Gasteiger charge is 2.27. The van der Waals surface area contributed by atoms with Crippen molar-refractivity contribution in [1.82, 2.24) is 0 Å². The predicted octanol–water partition coefficient (Wildman–Crippen LogP) is 6.70. The first-order valence-electron chi connectivity index (χ1n) is 8.98. The Balaban J connectivity index is 1.45. The Labute approximate surface area is 178 Å². The zero-order chi connectivity index (χ0) is 20.2. The molecule has 0 amide bonds. The van der Waals surface area contributed by atoms with Crippen molar-refractivity contribution in [2.24, 2.45) is 0 Å². The van der Waals surface area contributed by atoms with Gasteiger partial charge in [-0.1, -0.05) is 65.7 Å². The Hall–Kier alpha value is -3.01. The van der Waals surface area contributed by atoms with Crippen LogP contribution in [0.15, 0.2) is 78.6 Å². The molecule has 0 aliphatic carbocycles. The van der Waals surface area contributed by atoms with Gasteiger partial charge in [0.2, 0.25) is 5.78 Å². The lowest BCUT2D eigenvalue weighted by molar-refractivity contribution is 0.101. The maximum absolute atomic E-state index is 12.6. The molecule has 0 fully saturated rings. The Morgan fingerprint density at radius 2 is 1.72 bits per heavy atom. The van der Waals surface area contributed by atoms with Gasteiger partial charge in [-0.2, -0.15) is 0 Å². The van der Waals surface area contributed by atoms with Crippen LogP contribution in [0.1, 0.15) is 21.5 Å². The fourth-order valence-electron chi connectivity index (χ4n) is 2.90. The van der Waals surface area contributed by atoms with Crippen molar-refractivity contribution in [2.75, 3.05) is 6.61 Å². The second-order valence-electron chi connectivity index (χ2n) is 6.40. The summed E-state index contributed by atoms with van der Waals surface area (Å²) in [5.74, 6) is 1.16. The molecule has 144 valence electrons. The molecule has 3 nitrogen and oxygen atoms in total. The van der Waals surface area contributed by atoms with Crippen LogP contribution in [0.5, 0.6) is 11.5 Å². The molecule has 0 unspecified atom stereocenters. The van der Waals surface area contributed by atoms with Crippen molar-refractivity contribution in [1.29, 1.82) is 0 Å². The molecule has 0 aromatic heterocycles. The third-order valence-electron chi connectivity index (χ3n) is 4.34. The fraction of sp³-hybridized carbons (Fsp3) is 0.0417. The summed E-state index contributed by atoms with van der Waals surface area (Å²) in [4.78, 5) is 12.6. The van der Waals surface area contributed by atoms with E-state index in [9.17, 15) is 4.79 Å². The average Bonchev–Trinajstić information content (AvgIpc) is 3.04. The summed E-state index contributed by atoms with van der Waals surface area (Å²) in [7, 11) is 0. The van der Waals surface area contributed by atoms with Crippen molar-refractivity contribution in [2.45, 2.75) is 0 Å². The SMILES string of the molecule is O=C1/C(=C/c2ccc(Cl)c(Cl)c2)Oc2cc(OC/C=C/c3ccccc3)ccc21. The number of hydrogen-bond donors (Lipinski definition) is 0. The van der Waals surface area contributed by atoms with Crippen LogP contribution in [-0.4, -0.2) is 12.4 Å². The highest BCUT2D eigenvalue weighted by atomic mass is 35.5. The van der Waals surface area contributed by atoms with E-state index in [1.807, 2.05) is 42.5 Å². The van der Waals surface area contributed by atoms with Gasteiger partial charge in [0.25, 0.3) is 0 Å². The van der Waals surface area contributed by atoms with Gasteiger partial charge in [0.1, 0.15) is 18.1 Å². The molecule has 1 aliphatic heterocycles. The second-order valence-corrected chi connectivity index (χ2v) is 7.21. The monoisotopic (exact) mass is 422 g/mol. The van der Waals surface area contributed by atoms with Gasteiger partial charge in [-0.15, -0.1) is 0 Å². The van der Waals surface area contributed by atoms with Gasteiger partial charge < -0.3 is 9.47 Å². The smallest absolute Gasteiger partial charge is 0.231 e. The molecule has 5 heteroatoms. The van der Waals surface area contributed by atoms with Gasteiger partial charge in [-0.05, 0) is 47.5 Å². The summed E-state index contributed by atoms with van der Waals surface area (Å²) in [6.07, 6.45) is 5.57. The molecule has 0 atom stereocenters. The quantitative estimate of drug-likeness (QED) is 0.429. The first kappa shape index (κ1) is 19.3. The molecule has 4 rings (SSSR count). The first-order valence-corrected chi connectivity index (χ1v) is 9.73. The molecule has 3 aromatic carbocycles. The molecule has 0 N–H and O–H groups in total. The number of fused-ring (bicyclic) bond motifs is 1. The minimum atomic E-state index is -0.179. The predicted molar refractivity (Wildman–Crippen MR) is 117 cm³/mol. The molecule has 0 spiro atoms. The van der Waals surface area contributed by atoms with Crippen molar-refractivity contribution in [3.63, 3.8) is 0 Å². The van der Waals surface area contributed by atoms with E-state index in [4.69, 9.17) is 32.7 Å². The van der Waals surface area contributed by atoms with Crippen molar-refractivity contribution in [3.05, 3.63) is 105 Å². The van der Waals surface area contributed by atoms with E-state index in [1.54, 1.807) is 42.5 Å². The Kier molecular flexibility index (Phi) is 5.70. The van der Waals surface area contributed by atoms with Crippen LogP contribution in [0, 0.1) is 0 Å². The fourth-order valence-corrected chi connectivity index (χ4v) is 3.21. The highest BCUT2D eigenvalue weighted by Crippen LogP contribution is 2.35. The molecule has 1 aliphatic rings. The Morgan fingerprint density at radius 3 is 2.52 bits per heavy atom. The van der Waals surface area contributed by atoms with Crippen LogP contribution in [0.25, 0.3) is 12.2 Å². The topological polar surface area (TPSA) is 35.5 Å². The molecule has 0 saturated heterocycles. The van der Waals surface area contributed by atoms with Gasteiger partial charge >= 0.3 is 0 Å². The molecule has 29 heavy (non-hydrogen) atoms. The highest BCUT2D eigenvalue weighted by molar-refractivity contribution is 6.42. The molecule has 0 bridgehead atoms. The molecular weight excluding hydrogens is 407 g/mol. The van der Waals surface area contributed by atoms with Crippen LogP contribution in [-0.2, 0) is 0 Å². The largest absolute Gasteiger partial charge is 0.489 e. The van der Waals surface area contributed by atoms with Gasteiger partial charge in [0.15, 0.2) is 5.76 Å². The number of benzene rings is 3. The van der Waals surface area contributed by atoms with Crippen LogP contribution in [0.2, 0.25) is 10.0 Å². The number of carbonyl (C=O) groups is 1. The standard InChI is InChI=1S/C24H16Cl2O3/c25-20-11-8-17(13-21(20)26)14-23-24(27)19-10-9-18(15-22(19)29-23)28-12-4-7-16-5-2-1-3-6-16/h1-11,13-15H,12H2/b7-4+,23-14-. The van der Waals surface area contributed by atoms with E-state index >= 15 is 0 Å². The summed E-state index contributed by atoms with van der Waals surface area (Å²) < 4.78 is 11.5. The van der Waals surface area contributed by atoms with Crippen molar-refractivity contribution >= 4 is 41.1 Å². The lowest BCUT2D eigenvalue weighted by atomic mass is 10.1. The molecule has 0 radical (unpaired) electrons. The van der Waals surface area contributed by atoms with Crippen molar-refractivity contribution < 1.29 is 14.3 Å². The number of hydrogen-bond acceptors (Lipinski definition) is 3. The number of rotatable bonds is 5. The van der Waals surface area contributed by atoms with E-state index in [2.05, 4.69) is 0 Å². The maximum atomic E-state index is 12.6. The normalized spacial score (nSPS) is 14.3. The third-order valence-corrected chi connectivity index (χ3v) is 5.08. The molecule has 0 saturated carbocycles. The maximum Gasteiger partial charge on any atom is 0.231 e. The summed E-state index contributed by atoms with van der Waals surface area (Å²) >= 11 is 12.0. The van der Waals surface area contributed by atoms with Gasteiger partial charge in [0, 0.05) is 6.07 Å². The van der Waals surface area contributed by atoms with Crippen LogP contribution < -0.4 is 9.47 Å². The number of allylic oxidation sites excluding steroid dienone is 1. The second kappa shape index (κ2) is 8.56. The lowest BCUT2D eigenvalue weighted by Gasteiger charge is -2.05. The lowest BCUT2D eigenvalue weighted by Crippen LogP contribution is -1.98. The number of halogens is 2. The number of carbonyl (C=O) groups excluding carboxylic acids is 1. The van der Waals surface area contributed by atoms with E-state index in [-0.39, 0.29) is 11.5 Å². The minimum absolute atomic E-state index is 0.179. The van der Waals surface area contributed by atoms with Crippen LogP contribution in [0.3, 0.4) is 0 Å². The molecule has 3 aromatic rings. The van der Waals surface area contributed by atoms with Gasteiger partial charge in [-0.25, -0.2) is 0 Å². The minimum Gasteiger partial charge on any atom is -0.489 e. The van der Waals surface area contributed by atoms with E-state index in [0.29, 0.717) is 33.7 Å². The number of ketones is 1. The van der Waals surface area contributed by atoms with E-state index in [0.717, 1.165) is 11.1 Å². The zero-order valence-corrected chi connectivity index (χ0v) is 16.8. The van der Waals surface area contributed by atoms with Crippen LogP contribution in [0.4, 0.5) is 0 Å². The summed E-state index contributed by atoms with van der Waals surface area (Å²) in [5, 5.41) is 0.877. The van der Waals surface area contributed by atoms with Gasteiger partial charge in [0.05, 0.1) is 15.6 Å². The number of ether oxygens (including phenoxy) is 2. The summed E-state index contributed by atoms with van der Waals surface area (Å²) in [6.45, 7) is 0.410. The zero-order valence-electron chi connectivity index (χ0n) is 15.3. The van der Waals surface area contributed by atoms with E-state index < -0.39 is 0 Å². The molecule has 1 heterocycles.